The second-order valence-electron chi connectivity index (χ2n) is 3.68. The quantitative estimate of drug-likeness (QED) is 0.933. The molecular formula is C11H9ClN2O4S. The Hall–Kier alpha value is -1.86. The summed E-state index contributed by atoms with van der Waals surface area (Å²) in [5.41, 5.74) is 0. The molecule has 100 valence electrons. The maximum atomic E-state index is 11.6. The molecule has 0 fully saturated rings. The first-order valence-corrected chi connectivity index (χ1v) is 7.34. The molecule has 0 spiro atoms. The van der Waals surface area contributed by atoms with Crippen molar-refractivity contribution in [2.24, 2.45) is 0 Å². The molecule has 1 aromatic heterocycles. The molecule has 0 saturated carbocycles. The molecule has 1 aromatic carbocycles. The third-order valence-corrected chi connectivity index (χ3v) is 3.49. The van der Waals surface area contributed by atoms with Crippen LogP contribution >= 0.6 is 11.6 Å². The summed E-state index contributed by atoms with van der Waals surface area (Å²) in [7, 11) is -3.46. The van der Waals surface area contributed by atoms with Gasteiger partial charge in [-0.2, -0.15) is 0 Å². The van der Waals surface area contributed by atoms with Gasteiger partial charge < -0.3 is 9.84 Å². The molecule has 8 heteroatoms. The molecule has 1 heterocycles. The number of ether oxygens (including phenoxy) is 1. The van der Waals surface area contributed by atoms with Gasteiger partial charge in [0.1, 0.15) is 10.6 Å². The van der Waals surface area contributed by atoms with Crippen LogP contribution in [0.25, 0.3) is 0 Å². The van der Waals surface area contributed by atoms with E-state index in [4.69, 9.17) is 16.3 Å². The molecule has 0 aliphatic carbocycles. The number of aromatic hydroxyl groups is 1. The van der Waals surface area contributed by atoms with Gasteiger partial charge in [-0.05, 0) is 12.1 Å². The fourth-order valence-corrected chi connectivity index (χ4v) is 2.31. The van der Waals surface area contributed by atoms with Gasteiger partial charge >= 0.3 is 0 Å². The summed E-state index contributed by atoms with van der Waals surface area (Å²) in [5, 5.41) is 16.6. The molecular weight excluding hydrogens is 292 g/mol. The van der Waals surface area contributed by atoms with Crippen molar-refractivity contribution in [1.29, 1.82) is 0 Å². The SMILES string of the molecule is CS(=O)(=O)c1ccccc1Oc1nnc(Cl)cc1O. The van der Waals surface area contributed by atoms with Gasteiger partial charge in [0.05, 0.1) is 0 Å². The van der Waals surface area contributed by atoms with E-state index in [1.165, 1.54) is 12.1 Å². The molecule has 0 amide bonds. The van der Waals surface area contributed by atoms with Crippen LogP contribution in [0.5, 0.6) is 17.4 Å². The lowest BCUT2D eigenvalue weighted by Crippen LogP contribution is -2.01. The van der Waals surface area contributed by atoms with Crippen molar-refractivity contribution in [3.05, 3.63) is 35.5 Å². The number of nitrogens with zero attached hydrogens (tertiary/aromatic N) is 2. The molecule has 0 saturated heterocycles. The van der Waals surface area contributed by atoms with E-state index in [-0.39, 0.29) is 27.4 Å². The lowest BCUT2D eigenvalue weighted by Gasteiger charge is -2.09. The Bertz CT molecular complexity index is 718. The minimum absolute atomic E-state index is 0.00116. The summed E-state index contributed by atoms with van der Waals surface area (Å²) in [6.45, 7) is 0. The Morgan fingerprint density at radius 2 is 1.95 bits per heavy atom. The Balaban J connectivity index is 2.44. The van der Waals surface area contributed by atoms with E-state index in [0.29, 0.717) is 0 Å². The largest absolute Gasteiger partial charge is 0.503 e. The number of rotatable bonds is 3. The van der Waals surface area contributed by atoms with Crippen LogP contribution in [0.2, 0.25) is 5.15 Å². The summed E-state index contributed by atoms with van der Waals surface area (Å²) in [5.74, 6) is -0.499. The predicted molar refractivity (Wildman–Crippen MR) is 68.3 cm³/mol. The molecule has 0 aliphatic rings. The van der Waals surface area contributed by atoms with Crippen molar-refractivity contribution in [1.82, 2.24) is 10.2 Å². The maximum Gasteiger partial charge on any atom is 0.281 e. The van der Waals surface area contributed by atoms with E-state index >= 15 is 0 Å². The van der Waals surface area contributed by atoms with E-state index in [0.717, 1.165) is 12.3 Å². The average molecular weight is 301 g/mol. The number of para-hydroxylation sites is 1. The molecule has 0 atom stereocenters. The zero-order valence-corrected chi connectivity index (χ0v) is 11.3. The maximum absolute atomic E-state index is 11.6. The van der Waals surface area contributed by atoms with Gasteiger partial charge in [0, 0.05) is 12.3 Å². The van der Waals surface area contributed by atoms with E-state index in [2.05, 4.69) is 10.2 Å². The number of benzene rings is 1. The predicted octanol–water partition coefficient (Wildman–Crippen LogP) is 2.03. The second-order valence-corrected chi connectivity index (χ2v) is 6.05. The van der Waals surface area contributed by atoms with Crippen LogP contribution in [0.1, 0.15) is 0 Å². The first-order valence-electron chi connectivity index (χ1n) is 5.07. The van der Waals surface area contributed by atoms with Gasteiger partial charge in [-0.25, -0.2) is 8.42 Å². The van der Waals surface area contributed by atoms with Crippen molar-refractivity contribution in [3.8, 4) is 17.4 Å². The first kappa shape index (κ1) is 13.6. The monoisotopic (exact) mass is 300 g/mol. The van der Waals surface area contributed by atoms with Crippen LogP contribution in [0.4, 0.5) is 0 Å². The Kier molecular flexibility index (Phi) is 3.59. The number of hydrogen-bond acceptors (Lipinski definition) is 6. The smallest absolute Gasteiger partial charge is 0.281 e. The molecule has 2 aromatic rings. The second kappa shape index (κ2) is 5.02. The van der Waals surface area contributed by atoms with Gasteiger partial charge in [0.2, 0.25) is 0 Å². The van der Waals surface area contributed by atoms with E-state index < -0.39 is 9.84 Å². The van der Waals surface area contributed by atoms with Gasteiger partial charge in [0.15, 0.2) is 20.7 Å². The Labute approximate surface area is 114 Å². The highest BCUT2D eigenvalue weighted by molar-refractivity contribution is 7.90. The lowest BCUT2D eigenvalue weighted by molar-refractivity contribution is 0.386. The molecule has 0 radical (unpaired) electrons. The van der Waals surface area contributed by atoms with Crippen molar-refractivity contribution >= 4 is 21.4 Å². The highest BCUT2D eigenvalue weighted by Crippen LogP contribution is 2.32. The molecule has 19 heavy (non-hydrogen) atoms. The van der Waals surface area contributed by atoms with Gasteiger partial charge in [-0.15, -0.1) is 10.2 Å². The van der Waals surface area contributed by atoms with Gasteiger partial charge in [-0.3, -0.25) is 0 Å². The average Bonchev–Trinajstić information content (AvgIpc) is 2.32. The van der Waals surface area contributed by atoms with Crippen LogP contribution in [-0.4, -0.2) is 30.0 Å². The van der Waals surface area contributed by atoms with E-state index in [1.54, 1.807) is 12.1 Å². The Morgan fingerprint density at radius 1 is 1.26 bits per heavy atom. The third kappa shape index (κ3) is 3.12. The minimum Gasteiger partial charge on any atom is -0.503 e. The zero-order valence-electron chi connectivity index (χ0n) is 9.74. The van der Waals surface area contributed by atoms with Crippen molar-refractivity contribution < 1.29 is 18.3 Å². The van der Waals surface area contributed by atoms with Crippen LogP contribution < -0.4 is 4.74 Å². The molecule has 6 nitrogen and oxygen atoms in total. The number of hydrogen-bond donors (Lipinski definition) is 1. The first-order chi connectivity index (χ1) is 8.88. The third-order valence-electron chi connectivity index (χ3n) is 2.17. The van der Waals surface area contributed by atoms with Gasteiger partial charge in [0.25, 0.3) is 5.88 Å². The summed E-state index contributed by atoms with van der Waals surface area (Å²) >= 11 is 5.54. The number of halogens is 1. The summed E-state index contributed by atoms with van der Waals surface area (Å²) in [6.07, 6.45) is 1.06. The summed E-state index contributed by atoms with van der Waals surface area (Å²) < 4.78 is 28.4. The van der Waals surface area contributed by atoms with Crippen molar-refractivity contribution in [3.63, 3.8) is 0 Å². The molecule has 2 rings (SSSR count). The lowest BCUT2D eigenvalue weighted by atomic mass is 10.3. The fraction of sp³-hybridized carbons (Fsp3) is 0.0909. The van der Waals surface area contributed by atoms with Crippen LogP contribution in [-0.2, 0) is 9.84 Å². The number of aromatic nitrogens is 2. The van der Waals surface area contributed by atoms with Crippen LogP contribution in [0.15, 0.2) is 35.2 Å². The topological polar surface area (TPSA) is 89.4 Å². The highest BCUT2D eigenvalue weighted by atomic mass is 35.5. The normalized spacial score (nSPS) is 11.3. The fourth-order valence-electron chi connectivity index (χ4n) is 1.37. The van der Waals surface area contributed by atoms with E-state index in [1.807, 2.05) is 0 Å². The molecule has 0 bridgehead atoms. The van der Waals surface area contributed by atoms with Crippen molar-refractivity contribution in [2.45, 2.75) is 4.90 Å². The van der Waals surface area contributed by atoms with E-state index in [9.17, 15) is 13.5 Å². The zero-order chi connectivity index (χ0) is 14.0. The standard InChI is InChI=1S/C11H9ClN2O4S/c1-19(16,17)9-5-3-2-4-8(9)18-11-7(15)6-10(12)13-14-11/h2-6H,1H3,(H,13,15). The number of sulfone groups is 1. The van der Waals surface area contributed by atoms with Gasteiger partial charge in [-0.1, -0.05) is 23.7 Å². The highest BCUT2D eigenvalue weighted by Gasteiger charge is 2.16. The molecule has 0 unspecified atom stereocenters. The summed E-state index contributed by atoms with van der Waals surface area (Å²) in [4.78, 5) is -0.00819. The van der Waals surface area contributed by atoms with Crippen molar-refractivity contribution in [2.75, 3.05) is 6.26 Å². The minimum atomic E-state index is -3.46. The summed E-state index contributed by atoms with van der Waals surface area (Å²) in [6, 6.07) is 7.16. The van der Waals surface area contributed by atoms with Crippen LogP contribution in [0, 0.1) is 0 Å². The molecule has 1 N–H and O–H groups in total. The molecule has 0 aliphatic heterocycles. The van der Waals surface area contributed by atoms with Crippen LogP contribution in [0.3, 0.4) is 0 Å². The Morgan fingerprint density at radius 3 is 2.58 bits per heavy atom.